The third-order valence-electron chi connectivity index (χ3n) is 5.06. The van der Waals surface area contributed by atoms with Crippen LogP contribution in [0.1, 0.15) is 48.0 Å². The lowest BCUT2D eigenvalue weighted by atomic mass is 9.86. The zero-order valence-electron chi connectivity index (χ0n) is 15.4. The van der Waals surface area contributed by atoms with Crippen LogP contribution in [-0.4, -0.2) is 27.1 Å². The van der Waals surface area contributed by atoms with Gasteiger partial charge in [-0.15, -0.1) is 10.2 Å². The van der Waals surface area contributed by atoms with Gasteiger partial charge in [-0.2, -0.15) is 0 Å². The zero-order valence-corrected chi connectivity index (χ0v) is 17.1. The van der Waals surface area contributed by atoms with E-state index in [2.05, 4.69) is 22.4 Å². The Morgan fingerprint density at radius 1 is 1.22 bits per heavy atom. The second-order valence-corrected chi connectivity index (χ2v) is 9.51. The van der Waals surface area contributed by atoms with Crippen molar-refractivity contribution in [2.24, 2.45) is 5.92 Å². The Kier molecular flexibility index (Phi) is 5.41. The second-order valence-electron chi connectivity index (χ2n) is 7.06. The highest BCUT2D eigenvalue weighted by Crippen LogP contribution is 2.32. The molecule has 2 aromatic heterocycles. The van der Waals surface area contributed by atoms with Crippen LogP contribution in [0.15, 0.2) is 39.7 Å². The van der Waals surface area contributed by atoms with E-state index in [-0.39, 0.29) is 11.9 Å². The van der Waals surface area contributed by atoms with Gasteiger partial charge >= 0.3 is 0 Å². The summed E-state index contributed by atoms with van der Waals surface area (Å²) in [6.45, 7) is 4.16. The van der Waals surface area contributed by atoms with Gasteiger partial charge in [-0.3, -0.25) is 4.79 Å². The highest BCUT2D eigenvalue weighted by molar-refractivity contribution is 8.01. The normalized spacial score (nSPS) is 19.9. The van der Waals surface area contributed by atoms with E-state index in [1.54, 1.807) is 0 Å². The van der Waals surface area contributed by atoms with Gasteiger partial charge in [0.2, 0.25) is 0 Å². The number of nitrogens with zero attached hydrogens (tertiary/aromatic N) is 3. The van der Waals surface area contributed by atoms with Gasteiger partial charge in [-0.25, -0.2) is 4.98 Å². The van der Waals surface area contributed by atoms with Gasteiger partial charge in [0.05, 0.1) is 11.1 Å². The molecule has 1 amide bonds. The number of rotatable bonds is 4. The van der Waals surface area contributed by atoms with Crippen molar-refractivity contribution in [1.29, 1.82) is 0 Å². The van der Waals surface area contributed by atoms with E-state index >= 15 is 0 Å². The summed E-state index contributed by atoms with van der Waals surface area (Å²) in [6.07, 6.45) is 4.68. The third kappa shape index (κ3) is 4.14. The van der Waals surface area contributed by atoms with Gasteiger partial charge in [0.1, 0.15) is 10.0 Å². The predicted octanol–water partition coefficient (Wildman–Crippen LogP) is 4.85. The lowest BCUT2D eigenvalue weighted by Crippen LogP contribution is -2.41. The van der Waals surface area contributed by atoms with Crippen LogP contribution in [0.2, 0.25) is 0 Å². The first-order valence-corrected chi connectivity index (χ1v) is 10.9. The lowest BCUT2D eigenvalue weighted by Gasteiger charge is -2.29. The second kappa shape index (κ2) is 7.94. The standard InChI is InChI=1S/C20H22N4OS2/c1-12-7-3-5-9-16(12)22-19(25)15-11-18(27-20-24-23-13(2)26-20)21-17-10-6-4-8-14(15)17/h4,6,8,10-12,16H,3,5,7,9H2,1-2H3,(H,22,25). The van der Waals surface area contributed by atoms with E-state index in [0.29, 0.717) is 11.5 Å². The number of hydrogen-bond donors (Lipinski definition) is 1. The van der Waals surface area contributed by atoms with Gasteiger partial charge in [0.25, 0.3) is 5.91 Å². The topological polar surface area (TPSA) is 67.8 Å². The number of carbonyl (C=O) groups is 1. The fourth-order valence-corrected chi connectivity index (χ4v) is 5.36. The molecule has 0 bridgehead atoms. The van der Waals surface area contributed by atoms with Gasteiger partial charge in [-0.05, 0) is 49.6 Å². The van der Waals surface area contributed by atoms with Crippen LogP contribution in [0.25, 0.3) is 10.9 Å². The molecule has 1 aliphatic rings. The van der Waals surface area contributed by atoms with Crippen LogP contribution >= 0.6 is 23.1 Å². The first-order valence-electron chi connectivity index (χ1n) is 9.29. The summed E-state index contributed by atoms with van der Waals surface area (Å²) in [5.74, 6) is 0.511. The van der Waals surface area contributed by atoms with Crippen LogP contribution < -0.4 is 5.32 Å². The minimum absolute atomic E-state index is 0.0114. The number of nitrogens with one attached hydrogen (secondary N) is 1. The maximum atomic E-state index is 13.1. The van der Waals surface area contributed by atoms with Crippen LogP contribution in [0, 0.1) is 12.8 Å². The third-order valence-corrected chi connectivity index (χ3v) is 6.87. The highest BCUT2D eigenvalue weighted by Gasteiger charge is 2.24. The molecule has 0 spiro atoms. The van der Waals surface area contributed by atoms with Crippen molar-refractivity contribution in [3.05, 3.63) is 40.9 Å². The summed E-state index contributed by atoms with van der Waals surface area (Å²) in [6, 6.07) is 9.94. The molecule has 1 saturated carbocycles. The molecule has 2 atom stereocenters. The molecular weight excluding hydrogens is 376 g/mol. The number of aryl methyl sites for hydroxylation is 1. The number of fused-ring (bicyclic) bond motifs is 1. The van der Waals surface area contributed by atoms with Crippen molar-refractivity contribution in [3.8, 4) is 0 Å². The van der Waals surface area contributed by atoms with E-state index < -0.39 is 0 Å². The van der Waals surface area contributed by atoms with Crippen molar-refractivity contribution >= 4 is 39.9 Å². The Morgan fingerprint density at radius 3 is 2.81 bits per heavy atom. The average Bonchev–Trinajstić information content (AvgIpc) is 3.07. The van der Waals surface area contributed by atoms with Crippen LogP contribution in [0.4, 0.5) is 0 Å². The summed E-state index contributed by atoms with van der Waals surface area (Å²) in [7, 11) is 0. The molecular formula is C20H22N4OS2. The Hall–Kier alpha value is -1.99. The Balaban J connectivity index is 1.66. The number of carbonyl (C=O) groups excluding carboxylic acids is 1. The first-order chi connectivity index (χ1) is 13.1. The Morgan fingerprint density at radius 2 is 2.04 bits per heavy atom. The van der Waals surface area contributed by atoms with Crippen LogP contribution in [0.5, 0.6) is 0 Å². The summed E-state index contributed by atoms with van der Waals surface area (Å²) < 4.78 is 0.836. The minimum atomic E-state index is -0.0114. The van der Waals surface area contributed by atoms with Crippen LogP contribution in [0.3, 0.4) is 0 Å². The van der Waals surface area contributed by atoms with Crippen molar-refractivity contribution in [2.45, 2.75) is 54.9 Å². The molecule has 0 saturated heterocycles. The molecule has 0 aliphatic heterocycles. The highest BCUT2D eigenvalue weighted by atomic mass is 32.2. The summed E-state index contributed by atoms with van der Waals surface area (Å²) >= 11 is 2.99. The fraction of sp³-hybridized carbons (Fsp3) is 0.400. The van der Waals surface area contributed by atoms with Gasteiger partial charge in [-0.1, -0.05) is 49.3 Å². The molecule has 1 N–H and O–H groups in total. The lowest BCUT2D eigenvalue weighted by molar-refractivity contribution is 0.0911. The molecule has 0 radical (unpaired) electrons. The van der Waals surface area contributed by atoms with E-state index in [1.165, 1.54) is 42.4 Å². The van der Waals surface area contributed by atoms with E-state index in [0.717, 1.165) is 31.7 Å². The zero-order chi connectivity index (χ0) is 18.8. The fourth-order valence-electron chi connectivity index (χ4n) is 3.58. The number of amides is 1. The molecule has 4 rings (SSSR count). The SMILES string of the molecule is Cc1nnc(Sc2cc(C(=O)NC3CCCCC3C)c3ccccc3n2)s1. The molecule has 27 heavy (non-hydrogen) atoms. The van der Waals surface area contributed by atoms with E-state index in [1.807, 2.05) is 37.3 Å². The Labute approximate surface area is 167 Å². The largest absolute Gasteiger partial charge is 0.349 e. The summed E-state index contributed by atoms with van der Waals surface area (Å²) in [4.78, 5) is 17.8. The molecule has 2 unspecified atom stereocenters. The van der Waals surface area contributed by atoms with E-state index in [9.17, 15) is 4.79 Å². The smallest absolute Gasteiger partial charge is 0.252 e. The minimum Gasteiger partial charge on any atom is -0.349 e. The van der Waals surface area contributed by atoms with Crippen LogP contribution in [-0.2, 0) is 0 Å². The number of benzene rings is 1. The average molecular weight is 399 g/mol. The van der Waals surface area contributed by atoms with Gasteiger partial charge in [0, 0.05) is 11.4 Å². The molecule has 5 nitrogen and oxygen atoms in total. The van der Waals surface area contributed by atoms with Crippen molar-refractivity contribution in [1.82, 2.24) is 20.5 Å². The maximum absolute atomic E-state index is 13.1. The monoisotopic (exact) mass is 398 g/mol. The number of aromatic nitrogens is 3. The summed E-state index contributed by atoms with van der Waals surface area (Å²) in [5, 5.41) is 14.1. The number of para-hydroxylation sites is 1. The molecule has 7 heteroatoms. The quantitative estimate of drug-likeness (QED) is 0.680. The van der Waals surface area contributed by atoms with Crippen molar-refractivity contribution in [2.75, 3.05) is 0 Å². The Bertz CT molecular complexity index is 972. The molecule has 1 aromatic carbocycles. The first kappa shape index (κ1) is 18.4. The predicted molar refractivity (Wildman–Crippen MR) is 109 cm³/mol. The summed E-state index contributed by atoms with van der Waals surface area (Å²) in [5.41, 5.74) is 1.51. The van der Waals surface area contributed by atoms with Crippen molar-refractivity contribution < 1.29 is 4.79 Å². The molecule has 140 valence electrons. The maximum Gasteiger partial charge on any atom is 0.252 e. The molecule has 2 heterocycles. The number of pyridine rings is 1. The van der Waals surface area contributed by atoms with Gasteiger partial charge in [0.15, 0.2) is 4.34 Å². The molecule has 1 aliphatic carbocycles. The molecule has 3 aromatic rings. The number of hydrogen-bond acceptors (Lipinski definition) is 6. The van der Waals surface area contributed by atoms with Gasteiger partial charge < -0.3 is 5.32 Å². The van der Waals surface area contributed by atoms with Crippen molar-refractivity contribution in [3.63, 3.8) is 0 Å². The molecule has 1 fully saturated rings. The van der Waals surface area contributed by atoms with E-state index in [4.69, 9.17) is 4.98 Å².